The lowest BCUT2D eigenvalue weighted by atomic mass is 10.3. The molecule has 7 nitrogen and oxygen atoms in total. The third-order valence-corrected chi connectivity index (χ3v) is 4.30. The summed E-state index contributed by atoms with van der Waals surface area (Å²) >= 11 is 1.39. The van der Waals surface area contributed by atoms with Gasteiger partial charge in [-0.2, -0.15) is 5.10 Å². The molecule has 0 atom stereocenters. The van der Waals surface area contributed by atoms with Crippen molar-refractivity contribution in [2.24, 2.45) is 0 Å². The molecule has 0 saturated heterocycles. The Morgan fingerprint density at radius 2 is 2.21 bits per heavy atom. The van der Waals surface area contributed by atoms with Crippen LogP contribution in [0.1, 0.15) is 16.1 Å². The Labute approximate surface area is 141 Å². The summed E-state index contributed by atoms with van der Waals surface area (Å²) < 4.78 is 1.68. The number of fused-ring (bicyclic) bond motifs is 1. The van der Waals surface area contributed by atoms with Crippen LogP contribution in [0.3, 0.4) is 0 Å². The summed E-state index contributed by atoms with van der Waals surface area (Å²) in [6.07, 6.45) is 8.65. The quantitative estimate of drug-likeness (QED) is 0.617. The summed E-state index contributed by atoms with van der Waals surface area (Å²) in [5.74, 6) is -0.217. The van der Waals surface area contributed by atoms with Crippen LogP contribution in [0.15, 0.2) is 54.6 Å². The normalized spacial score (nSPS) is 10.8. The summed E-state index contributed by atoms with van der Waals surface area (Å²) in [6, 6.07) is 5.55. The largest absolute Gasteiger partial charge is 0.347 e. The predicted molar refractivity (Wildman–Crippen MR) is 89.5 cm³/mol. The first kappa shape index (κ1) is 14.5. The van der Waals surface area contributed by atoms with E-state index in [9.17, 15) is 4.79 Å². The van der Waals surface area contributed by atoms with Gasteiger partial charge in [0.1, 0.15) is 10.7 Å². The van der Waals surface area contributed by atoms with E-state index in [-0.39, 0.29) is 5.91 Å². The van der Waals surface area contributed by atoms with Crippen LogP contribution in [0.2, 0.25) is 0 Å². The standard InChI is InChI=1S/C16H12N6OS/c23-15(19-8-11-3-1-4-17-7-11)13-10-24-16(21-13)12-9-20-22-6-2-5-18-14(12)22/h1-7,9-10H,8H2,(H,19,23). The van der Waals surface area contributed by atoms with Crippen LogP contribution in [0.4, 0.5) is 0 Å². The lowest BCUT2D eigenvalue weighted by Gasteiger charge is -2.02. The highest BCUT2D eigenvalue weighted by atomic mass is 32.1. The highest BCUT2D eigenvalue weighted by Gasteiger charge is 2.15. The van der Waals surface area contributed by atoms with Crippen molar-refractivity contribution < 1.29 is 4.79 Å². The molecule has 4 rings (SSSR count). The highest BCUT2D eigenvalue weighted by Crippen LogP contribution is 2.26. The van der Waals surface area contributed by atoms with Gasteiger partial charge in [0, 0.05) is 36.7 Å². The van der Waals surface area contributed by atoms with E-state index in [4.69, 9.17) is 0 Å². The lowest BCUT2D eigenvalue weighted by molar-refractivity contribution is 0.0946. The summed E-state index contributed by atoms with van der Waals surface area (Å²) in [5, 5.41) is 9.53. The first-order chi connectivity index (χ1) is 11.8. The van der Waals surface area contributed by atoms with Crippen molar-refractivity contribution in [3.63, 3.8) is 0 Å². The van der Waals surface area contributed by atoms with E-state index in [1.807, 2.05) is 24.4 Å². The van der Waals surface area contributed by atoms with Gasteiger partial charge in [0.15, 0.2) is 5.65 Å². The maximum absolute atomic E-state index is 12.2. The van der Waals surface area contributed by atoms with Gasteiger partial charge in [0.25, 0.3) is 5.91 Å². The van der Waals surface area contributed by atoms with E-state index in [0.29, 0.717) is 17.9 Å². The molecule has 0 unspecified atom stereocenters. The molecular formula is C16H12N6OS. The van der Waals surface area contributed by atoms with E-state index in [1.54, 1.807) is 34.7 Å². The molecule has 0 spiro atoms. The van der Waals surface area contributed by atoms with Crippen molar-refractivity contribution in [1.29, 1.82) is 0 Å². The minimum Gasteiger partial charge on any atom is -0.347 e. The van der Waals surface area contributed by atoms with Gasteiger partial charge in [0.2, 0.25) is 0 Å². The van der Waals surface area contributed by atoms with Crippen LogP contribution in [0.5, 0.6) is 0 Å². The molecule has 4 heterocycles. The Hall–Kier alpha value is -3.13. The molecule has 8 heteroatoms. The number of carbonyl (C=O) groups is 1. The maximum Gasteiger partial charge on any atom is 0.271 e. The lowest BCUT2D eigenvalue weighted by Crippen LogP contribution is -2.23. The second-order valence-electron chi connectivity index (χ2n) is 5.03. The van der Waals surface area contributed by atoms with Crippen LogP contribution in [-0.2, 0) is 6.54 Å². The number of carbonyl (C=O) groups excluding carboxylic acids is 1. The van der Waals surface area contributed by atoms with Crippen LogP contribution in [0.25, 0.3) is 16.2 Å². The smallest absolute Gasteiger partial charge is 0.271 e. The molecule has 4 aromatic heterocycles. The molecule has 1 N–H and O–H groups in total. The van der Waals surface area contributed by atoms with Crippen LogP contribution >= 0.6 is 11.3 Å². The monoisotopic (exact) mass is 336 g/mol. The molecule has 24 heavy (non-hydrogen) atoms. The Morgan fingerprint density at radius 1 is 1.25 bits per heavy atom. The number of hydrogen-bond donors (Lipinski definition) is 1. The van der Waals surface area contributed by atoms with Gasteiger partial charge in [-0.25, -0.2) is 14.5 Å². The molecule has 0 aliphatic rings. The third kappa shape index (κ3) is 2.74. The molecule has 0 aliphatic carbocycles. The number of nitrogens with zero attached hydrogens (tertiary/aromatic N) is 5. The zero-order chi connectivity index (χ0) is 16.4. The van der Waals surface area contributed by atoms with Crippen LogP contribution in [0, 0.1) is 0 Å². The number of thiazole rings is 1. The van der Waals surface area contributed by atoms with E-state index >= 15 is 0 Å². The fourth-order valence-electron chi connectivity index (χ4n) is 2.26. The molecule has 4 aromatic rings. The summed E-state index contributed by atoms with van der Waals surface area (Å²) in [6.45, 7) is 0.414. The van der Waals surface area contributed by atoms with Gasteiger partial charge < -0.3 is 5.32 Å². The predicted octanol–water partition coefficient (Wildman–Crippen LogP) is 2.18. The Bertz CT molecular complexity index is 994. The minimum absolute atomic E-state index is 0.217. The minimum atomic E-state index is -0.217. The molecule has 0 fully saturated rings. The topological polar surface area (TPSA) is 85.1 Å². The summed E-state index contributed by atoms with van der Waals surface area (Å²) in [4.78, 5) is 25.0. The van der Waals surface area contributed by atoms with Crippen molar-refractivity contribution in [3.05, 3.63) is 65.8 Å². The van der Waals surface area contributed by atoms with E-state index in [1.165, 1.54) is 11.3 Å². The van der Waals surface area contributed by atoms with Crippen molar-refractivity contribution in [3.8, 4) is 10.6 Å². The van der Waals surface area contributed by atoms with Crippen molar-refractivity contribution in [2.45, 2.75) is 6.54 Å². The molecule has 0 aromatic carbocycles. The maximum atomic E-state index is 12.2. The summed E-state index contributed by atoms with van der Waals surface area (Å²) in [7, 11) is 0. The fourth-order valence-corrected chi connectivity index (χ4v) is 3.06. The average molecular weight is 336 g/mol. The molecule has 0 radical (unpaired) electrons. The Kier molecular flexibility index (Phi) is 3.72. The van der Waals surface area contributed by atoms with E-state index in [0.717, 1.165) is 16.1 Å². The van der Waals surface area contributed by atoms with Crippen molar-refractivity contribution in [2.75, 3.05) is 0 Å². The van der Waals surface area contributed by atoms with E-state index in [2.05, 4.69) is 25.4 Å². The number of nitrogens with one attached hydrogen (secondary N) is 1. The number of hydrogen-bond acceptors (Lipinski definition) is 6. The van der Waals surface area contributed by atoms with Gasteiger partial charge in [-0.05, 0) is 17.7 Å². The first-order valence-electron chi connectivity index (χ1n) is 7.22. The van der Waals surface area contributed by atoms with Crippen molar-refractivity contribution >= 4 is 22.9 Å². The number of pyridine rings is 1. The fraction of sp³-hybridized carbons (Fsp3) is 0.0625. The number of rotatable bonds is 4. The molecule has 1 amide bonds. The van der Waals surface area contributed by atoms with Crippen LogP contribution < -0.4 is 5.32 Å². The molecule has 0 aliphatic heterocycles. The highest BCUT2D eigenvalue weighted by molar-refractivity contribution is 7.13. The van der Waals surface area contributed by atoms with E-state index < -0.39 is 0 Å². The second kappa shape index (κ2) is 6.17. The molecular weight excluding hydrogens is 324 g/mol. The van der Waals surface area contributed by atoms with Gasteiger partial charge in [0.05, 0.1) is 11.8 Å². The zero-order valence-electron chi connectivity index (χ0n) is 12.5. The molecule has 0 bridgehead atoms. The zero-order valence-corrected chi connectivity index (χ0v) is 13.3. The SMILES string of the molecule is O=C(NCc1cccnc1)c1csc(-c2cnn3cccnc23)n1. The van der Waals surface area contributed by atoms with Gasteiger partial charge in [-0.15, -0.1) is 11.3 Å². The van der Waals surface area contributed by atoms with Gasteiger partial charge in [-0.3, -0.25) is 9.78 Å². The summed E-state index contributed by atoms with van der Waals surface area (Å²) in [5.41, 5.74) is 2.85. The Morgan fingerprint density at radius 3 is 3.08 bits per heavy atom. The number of aromatic nitrogens is 5. The van der Waals surface area contributed by atoms with Gasteiger partial charge >= 0.3 is 0 Å². The van der Waals surface area contributed by atoms with Crippen molar-refractivity contribution in [1.82, 2.24) is 29.9 Å². The number of amides is 1. The third-order valence-electron chi connectivity index (χ3n) is 3.42. The second-order valence-corrected chi connectivity index (χ2v) is 5.89. The molecule has 118 valence electrons. The molecule has 0 saturated carbocycles. The van der Waals surface area contributed by atoms with Gasteiger partial charge in [-0.1, -0.05) is 6.07 Å². The van der Waals surface area contributed by atoms with Crippen LogP contribution in [-0.4, -0.2) is 30.5 Å². The first-order valence-corrected chi connectivity index (χ1v) is 8.10. The average Bonchev–Trinajstić information content (AvgIpc) is 3.27. The Balaban J connectivity index is 1.53.